The minimum absolute atomic E-state index is 0.0102. The molecule has 0 aromatic heterocycles. The zero-order chi connectivity index (χ0) is 15.2. The van der Waals surface area contributed by atoms with E-state index < -0.39 is 11.4 Å². The molecule has 0 aromatic carbocycles. The van der Waals surface area contributed by atoms with E-state index in [2.05, 4.69) is 5.32 Å². The van der Waals surface area contributed by atoms with Crippen molar-refractivity contribution in [3.05, 3.63) is 0 Å². The minimum Gasteiger partial charge on any atom is -0.481 e. The van der Waals surface area contributed by atoms with Crippen LogP contribution >= 0.6 is 0 Å². The Balaban J connectivity index is 2.59. The second-order valence-electron chi connectivity index (χ2n) is 6.31. The van der Waals surface area contributed by atoms with E-state index in [4.69, 9.17) is 9.84 Å². The highest BCUT2D eigenvalue weighted by atomic mass is 16.5. The fourth-order valence-corrected chi connectivity index (χ4v) is 2.62. The Morgan fingerprint density at radius 3 is 2.40 bits per heavy atom. The molecule has 5 nitrogen and oxygen atoms in total. The lowest BCUT2D eigenvalue weighted by Gasteiger charge is -2.29. The average molecular weight is 285 g/mol. The smallest absolute Gasteiger partial charge is 0.310 e. The molecule has 1 aliphatic rings. The molecule has 0 saturated heterocycles. The molecule has 20 heavy (non-hydrogen) atoms. The van der Waals surface area contributed by atoms with Crippen LogP contribution in [0.2, 0.25) is 0 Å². The number of carboxylic acid groups (broad SMARTS) is 1. The molecule has 0 heterocycles. The van der Waals surface area contributed by atoms with Gasteiger partial charge in [0.1, 0.15) is 0 Å². The van der Waals surface area contributed by atoms with E-state index in [1.54, 1.807) is 13.8 Å². The summed E-state index contributed by atoms with van der Waals surface area (Å²) < 4.78 is 5.38. The van der Waals surface area contributed by atoms with Crippen molar-refractivity contribution < 1.29 is 19.4 Å². The molecule has 1 aliphatic carbocycles. The third-order valence-corrected chi connectivity index (χ3v) is 4.24. The lowest BCUT2D eigenvalue weighted by molar-refractivity contribution is -0.147. The monoisotopic (exact) mass is 285 g/mol. The quantitative estimate of drug-likeness (QED) is 0.670. The highest BCUT2D eigenvalue weighted by molar-refractivity contribution is 5.84. The van der Waals surface area contributed by atoms with Crippen LogP contribution in [0.3, 0.4) is 0 Å². The van der Waals surface area contributed by atoms with Crippen molar-refractivity contribution in [1.29, 1.82) is 0 Å². The Kier molecular flexibility index (Phi) is 5.99. The Hall–Kier alpha value is -1.10. The van der Waals surface area contributed by atoms with Crippen molar-refractivity contribution in [1.82, 2.24) is 5.32 Å². The summed E-state index contributed by atoms with van der Waals surface area (Å²) in [7, 11) is 0. The van der Waals surface area contributed by atoms with Crippen LogP contribution in [0.5, 0.6) is 0 Å². The van der Waals surface area contributed by atoms with Crippen LogP contribution in [0, 0.1) is 10.8 Å². The van der Waals surface area contributed by atoms with Gasteiger partial charge in [-0.3, -0.25) is 9.59 Å². The maximum atomic E-state index is 12.5. The molecule has 116 valence electrons. The first kappa shape index (κ1) is 17.0. The van der Waals surface area contributed by atoms with Crippen LogP contribution in [-0.2, 0) is 14.3 Å². The van der Waals surface area contributed by atoms with Crippen molar-refractivity contribution >= 4 is 11.9 Å². The van der Waals surface area contributed by atoms with E-state index in [1.807, 2.05) is 6.92 Å². The molecule has 1 fully saturated rings. The number of hydrogen-bond donors (Lipinski definition) is 2. The molecule has 1 rings (SSSR count). The van der Waals surface area contributed by atoms with Crippen molar-refractivity contribution in [3.63, 3.8) is 0 Å². The Morgan fingerprint density at radius 1 is 1.30 bits per heavy atom. The summed E-state index contributed by atoms with van der Waals surface area (Å²) in [5, 5.41) is 11.9. The number of nitrogens with one attached hydrogen (secondary N) is 1. The molecule has 0 aliphatic heterocycles. The maximum absolute atomic E-state index is 12.5. The topological polar surface area (TPSA) is 75.6 Å². The summed E-state index contributed by atoms with van der Waals surface area (Å²) in [6, 6.07) is 0. The van der Waals surface area contributed by atoms with Crippen LogP contribution in [0.1, 0.15) is 52.9 Å². The minimum atomic E-state index is -0.935. The number of hydrogen-bond acceptors (Lipinski definition) is 3. The van der Waals surface area contributed by atoms with Crippen LogP contribution < -0.4 is 5.32 Å². The Labute approximate surface area is 121 Å². The SMILES string of the molecule is CCOCCC1(C(=O)NCC(C)(C)C(=O)O)CCCC1. The first-order chi connectivity index (χ1) is 9.34. The van der Waals surface area contributed by atoms with E-state index in [-0.39, 0.29) is 17.9 Å². The van der Waals surface area contributed by atoms with E-state index in [0.717, 1.165) is 32.1 Å². The number of carboxylic acids is 1. The number of carbonyl (C=O) groups is 2. The zero-order valence-corrected chi connectivity index (χ0v) is 12.8. The molecular weight excluding hydrogens is 258 g/mol. The largest absolute Gasteiger partial charge is 0.481 e. The van der Waals surface area contributed by atoms with Gasteiger partial charge < -0.3 is 15.2 Å². The molecule has 5 heteroatoms. The van der Waals surface area contributed by atoms with Crippen LogP contribution in [-0.4, -0.2) is 36.7 Å². The lowest BCUT2D eigenvalue weighted by Crippen LogP contribution is -2.45. The molecule has 1 saturated carbocycles. The van der Waals surface area contributed by atoms with Crippen molar-refractivity contribution in [2.24, 2.45) is 10.8 Å². The molecule has 0 spiro atoms. The number of carbonyl (C=O) groups excluding carboxylic acids is 1. The second-order valence-corrected chi connectivity index (χ2v) is 6.31. The molecule has 0 radical (unpaired) electrons. The van der Waals surface area contributed by atoms with Crippen molar-refractivity contribution in [3.8, 4) is 0 Å². The molecule has 1 amide bonds. The summed E-state index contributed by atoms with van der Waals surface area (Å²) in [6.07, 6.45) is 4.59. The highest BCUT2D eigenvalue weighted by Gasteiger charge is 2.41. The summed E-state index contributed by atoms with van der Waals surface area (Å²) in [4.78, 5) is 23.5. The summed E-state index contributed by atoms with van der Waals surface area (Å²) in [5.41, 5.74) is -1.29. The first-order valence-electron chi connectivity index (χ1n) is 7.43. The van der Waals surface area contributed by atoms with E-state index in [9.17, 15) is 9.59 Å². The normalized spacial score (nSPS) is 17.9. The van der Waals surface area contributed by atoms with Gasteiger partial charge in [-0.05, 0) is 40.0 Å². The predicted octanol–water partition coefficient (Wildman–Crippen LogP) is 2.20. The lowest BCUT2D eigenvalue weighted by atomic mass is 9.81. The summed E-state index contributed by atoms with van der Waals surface area (Å²) in [6.45, 7) is 6.60. The van der Waals surface area contributed by atoms with E-state index in [1.165, 1.54) is 0 Å². The maximum Gasteiger partial charge on any atom is 0.310 e. The van der Waals surface area contributed by atoms with Gasteiger partial charge in [-0.25, -0.2) is 0 Å². The third kappa shape index (κ3) is 4.20. The van der Waals surface area contributed by atoms with Gasteiger partial charge in [0, 0.05) is 19.8 Å². The standard InChI is InChI=1S/C15H27NO4/c1-4-20-10-9-15(7-5-6-8-15)12(17)16-11-14(2,3)13(18)19/h4-11H2,1-3H3,(H,16,17)(H,18,19). The average Bonchev–Trinajstić information content (AvgIpc) is 2.86. The fraction of sp³-hybridized carbons (Fsp3) is 0.867. The summed E-state index contributed by atoms with van der Waals surface area (Å²) in [5.74, 6) is -0.906. The molecule has 0 bridgehead atoms. The van der Waals surface area contributed by atoms with Crippen molar-refractivity contribution in [2.75, 3.05) is 19.8 Å². The van der Waals surface area contributed by atoms with E-state index >= 15 is 0 Å². The Morgan fingerprint density at radius 2 is 1.90 bits per heavy atom. The zero-order valence-electron chi connectivity index (χ0n) is 12.8. The van der Waals surface area contributed by atoms with E-state index in [0.29, 0.717) is 13.2 Å². The van der Waals surface area contributed by atoms with Gasteiger partial charge in [0.2, 0.25) is 5.91 Å². The molecule has 0 atom stereocenters. The van der Waals surface area contributed by atoms with Crippen LogP contribution in [0.15, 0.2) is 0 Å². The third-order valence-electron chi connectivity index (χ3n) is 4.24. The van der Waals surface area contributed by atoms with Gasteiger partial charge in [-0.2, -0.15) is 0 Å². The molecule has 0 unspecified atom stereocenters. The molecule has 0 aromatic rings. The number of aliphatic carboxylic acids is 1. The number of ether oxygens (including phenoxy) is 1. The van der Waals surface area contributed by atoms with Gasteiger partial charge in [0.05, 0.1) is 10.8 Å². The van der Waals surface area contributed by atoms with Gasteiger partial charge in [0.15, 0.2) is 0 Å². The predicted molar refractivity (Wildman–Crippen MR) is 76.4 cm³/mol. The number of amides is 1. The Bertz CT molecular complexity index is 346. The highest BCUT2D eigenvalue weighted by Crippen LogP contribution is 2.41. The van der Waals surface area contributed by atoms with Crippen LogP contribution in [0.4, 0.5) is 0 Å². The summed E-state index contributed by atoms with van der Waals surface area (Å²) >= 11 is 0. The molecular formula is C15H27NO4. The van der Waals surface area contributed by atoms with Gasteiger partial charge in [0.25, 0.3) is 0 Å². The second kappa shape index (κ2) is 7.07. The fourth-order valence-electron chi connectivity index (χ4n) is 2.62. The van der Waals surface area contributed by atoms with Crippen LogP contribution in [0.25, 0.3) is 0 Å². The van der Waals surface area contributed by atoms with Crippen molar-refractivity contribution in [2.45, 2.75) is 52.9 Å². The number of rotatable bonds is 8. The molecule has 2 N–H and O–H groups in total. The van der Waals surface area contributed by atoms with Gasteiger partial charge in [-0.15, -0.1) is 0 Å². The first-order valence-corrected chi connectivity index (χ1v) is 7.43. The van der Waals surface area contributed by atoms with Gasteiger partial charge >= 0.3 is 5.97 Å². The van der Waals surface area contributed by atoms with Gasteiger partial charge in [-0.1, -0.05) is 12.8 Å².